The third kappa shape index (κ3) is 2.72. The van der Waals surface area contributed by atoms with Gasteiger partial charge in [0.2, 0.25) is 0 Å². The van der Waals surface area contributed by atoms with Gasteiger partial charge in [-0.3, -0.25) is 0 Å². The fourth-order valence-corrected chi connectivity index (χ4v) is 2.07. The summed E-state index contributed by atoms with van der Waals surface area (Å²) in [5, 5.41) is 4.53. The van der Waals surface area contributed by atoms with Crippen LogP contribution in [0.5, 0.6) is 11.5 Å². The third-order valence-electron chi connectivity index (χ3n) is 3.16. The second-order valence-electron chi connectivity index (χ2n) is 5.29. The van der Waals surface area contributed by atoms with Crippen LogP contribution in [0.15, 0.2) is 36.5 Å². The van der Waals surface area contributed by atoms with Crippen molar-refractivity contribution in [1.29, 1.82) is 0 Å². The van der Waals surface area contributed by atoms with Crippen LogP contribution in [0.1, 0.15) is 31.2 Å². The number of nitrogens with zero attached hydrogens (tertiary/aromatic N) is 3. The Bertz CT molecular complexity index is 778. The van der Waals surface area contributed by atoms with Crippen molar-refractivity contribution in [2.75, 3.05) is 0 Å². The van der Waals surface area contributed by atoms with Gasteiger partial charge in [-0.25, -0.2) is 13.9 Å². The van der Waals surface area contributed by atoms with Crippen LogP contribution in [0, 0.1) is 12.7 Å². The monoisotopic (exact) mass is 285 g/mol. The molecule has 108 valence electrons. The molecule has 5 heteroatoms. The first-order valence-corrected chi connectivity index (χ1v) is 6.83. The van der Waals surface area contributed by atoms with Crippen LogP contribution in [0.25, 0.3) is 5.65 Å². The van der Waals surface area contributed by atoms with Crippen LogP contribution < -0.4 is 4.74 Å². The molecule has 2 heterocycles. The Morgan fingerprint density at radius 1 is 1.19 bits per heavy atom. The van der Waals surface area contributed by atoms with E-state index in [2.05, 4.69) is 23.9 Å². The van der Waals surface area contributed by atoms with Gasteiger partial charge in [0.15, 0.2) is 11.4 Å². The summed E-state index contributed by atoms with van der Waals surface area (Å²) in [6.45, 7) is 6.05. The number of fused-ring (bicyclic) bond motifs is 1. The maximum absolute atomic E-state index is 13.0. The van der Waals surface area contributed by atoms with Gasteiger partial charge < -0.3 is 4.74 Å². The van der Waals surface area contributed by atoms with Crippen molar-refractivity contribution in [1.82, 2.24) is 14.6 Å². The van der Waals surface area contributed by atoms with Crippen LogP contribution in [0.4, 0.5) is 4.39 Å². The normalized spacial score (nSPS) is 11.3. The zero-order valence-corrected chi connectivity index (χ0v) is 12.2. The fraction of sp³-hybridized carbons (Fsp3) is 0.250. The molecule has 0 aliphatic rings. The third-order valence-corrected chi connectivity index (χ3v) is 3.16. The minimum Gasteiger partial charge on any atom is -0.453 e. The van der Waals surface area contributed by atoms with Crippen LogP contribution >= 0.6 is 0 Å². The van der Waals surface area contributed by atoms with E-state index in [1.165, 1.54) is 12.1 Å². The lowest BCUT2D eigenvalue weighted by Crippen LogP contribution is -2.01. The van der Waals surface area contributed by atoms with Gasteiger partial charge in [0.25, 0.3) is 0 Å². The van der Waals surface area contributed by atoms with Crippen molar-refractivity contribution in [2.24, 2.45) is 0 Å². The van der Waals surface area contributed by atoms with E-state index in [0.717, 1.165) is 11.4 Å². The van der Waals surface area contributed by atoms with Crippen LogP contribution in [0.2, 0.25) is 0 Å². The average Bonchev–Trinajstić information content (AvgIpc) is 2.81. The molecule has 3 rings (SSSR count). The largest absolute Gasteiger partial charge is 0.453 e. The Hall–Kier alpha value is -2.43. The van der Waals surface area contributed by atoms with E-state index in [4.69, 9.17) is 4.74 Å². The molecular formula is C16H16FN3O. The lowest BCUT2D eigenvalue weighted by molar-refractivity contribution is 0.478. The number of halogens is 1. The molecule has 0 atom stereocenters. The SMILES string of the molecule is Cc1cn2nc(C(C)C)cc(Oc3ccc(F)cc3)c2n1. The summed E-state index contributed by atoms with van der Waals surface area (Å²) < 4.78 is 20.6. The van der Waals surface area contributed by atoms with Crippen LogP contribution in [-0.4, -0.2) is 14.6 Å². The number of ether oxygens (including phenoxy) is 1. The molecule has 0 unspecified atom stereocenters. The molecule has 0 N–H and O–H groups in total. The highest BCUT2D eigenvalue weighted by Gasteiger charge is 2.13. The average molecular weight is 285 g/mol. The Labute approximate surface area is 122 Å². The van der Waals surface area contributed by atoms with Crippen molar-refractivity contribution in [3.05, 3.63) is 53.7 Å². The van der Waals surface area contributed by atoms with E-state index >= 15 is 0 Å². The molecule has 0 spiro atoms. The zero-order valence-electron chi connectivity index (χ0n) is 12.2. The summed E-state index contributed by atoms with van der Waals surface area (Å²) in [5.41, 5.74) is 2.44. The fourth-order valence-electron chi connectivity index (χ4n) is 2.07. The molecule has 3 aromatic rings. The molecule has 0 amide bonds. The van der Waals surface area contributed by atoms with E-state index in [1.807, 2.05) is 19.2 Å². The van der Waals surface area contributed by atoms with Crippen LogP contribution in [-0.2, 0) is 0 Å². The van der Waals surface area contributed by atoms with Crippen LogP contribution in [0.3, 0.4) is 0 Å². The Morgan fingerprint density at radius 3 is 2.57 bits per heavy atom. The highest BCUT2D eigenvalue weighted by Crippen LogP contribution is 2.28. The molecular weight excluding hydrogens is 269 g/mol. The molecule has 0 bridgehead atoms. The molecule has 0 aliphatic heterocycles. The number of imidazole rings is 1. The van der Waals surface area contributed by atoms with Crippen molar-refractivity contribution < 1.29 is 9.13 Å². The first-order valence-electron chi connectivity index (χ1n) is 6.83. The van der Waals surface area contributed by atoms with Gasteiger partial charge in [-0.15, -0.1) is 0 Å². The summed E-state index contributed by atoms with van der Waals surface area (Å²) in [4.78, 5) is 4.43. The predicted molar refractivity (Wildman–Crippen MR) is 78.3 cm³/mol. The Kier molecular flexibility index (Phi) is 3.33. The van der Waals surface area contributed by atoms with Crippen molar-refractivity contribution in [3.63, 3.8) is 0 Å². The molecule has 2 aromatic heterocycles. The van der Waals surface area contributed by atoms with Crippen molar-refractivity contribution in [3.8, 4) is 11.5 Å². The highest BCUT2D eigenvalue weighted by atomic mass is 19.1. The van der Waals surface area contributed by atoms with Gasteiger partial charge in [-0.1, -0.05) is 13.8 Å². The molecule has 0 fully saturated rings. The molecule has 0 saturated heterocycles. The zero-order chi connectivity index (χ0) is 15.0. The molecule has 0 aliphatic carbocycles. The number of aryl methyl sites for hydroxylation is 1. The number of aromatic nitrogens is 3. The Morgan fingerprint density at radius 2 is 1.90 bits per heavy atom. The summed E-state index contributed by atoms with van der Waals surface area (Å²) in [5.74, 6) is 1.17. The summed E-state index contributed by atoms with van der Waals surface area (Å²) in [7, 11) is 0. The molecule has 4 nitrogen and oxygen atoms in total. The highest BCUT2D eigenvalue weighted by molar-refractivity contribution is 5.55. The van der Waals surface area contributed by atoms with Gasteiger partial charge in [-0.2, -0.15) is 5.10 Å². The summed E-state index contributed by atoms with van der Waals surface area (Å²) in [6.07, 6.45) is 1.86. The minimum absolute atomic E-state index is 0.271. The maximum Gasteiger partial charge on any atom is 0.197 e. The number of benzene rings is 1. The first-order chi connectivity index (χ1) is 10.0. The lowest BCUT2D eigenvalue weighted by Gasteiger charge is -2.10. The van der Waals surface area contributed by atoms with E-state index in [-0.39, 0.29) is 11.7 Å². The number of hydrogen-bond donors (Lipinski definition) is 0. The van der Waals surface area contributed by atoms with Gasteiger partial charge in [0, 0.05) is 6.07 Å². The minimum atomic E-state index is -0.290. The second-order valence-corrected chi connectivity index (χ2v) is 5.29. The first kappa shape index (κ1) is 13.5. The standard InChI is InChI=1S/C16H16FN3O/c1-10(2)14-8-15(16-18-11(3)9-20(16)19-14)21-13-6-4-12(17)5-7-13/h4-10H,1-3H3. The topological polar surface area (TPSA) is 39.4 Å². The van der Waals surface area contributed by atoms with E-state index < -0.39 is 0 Å². The Balaban J connectivity index is 2.08. The summed E-state index contributed by atoms with van der Waals surface area (Å²) >= 11 is 0. The predicted octanol–water partition coefficient (Wildman–Crippen LogP) is 4.09. The van der Waals surface area contributed by atoms with E-state index in [1.54, 1.807) is 16.6 Å². The smallest absolute Gasteiger partial charge is 0.197 e. The quantitative estimate of drug-likeness (QED) is 0.727. The van der Waals surface area contributed by atoms with Crippen molar-refractivity contribution in [2.45, 2.75) is 26.7 Å². The maximum atomic E-state index is 13.0. The molecule has 21 heavy (non-hydrogen) atoms. The number of rotatable bonds is 3. The number of hydrogen-bond acceptors (Lipinski definition) is 3. The van der Waals surface area contributed by atoms with Crippen molar-refractivity contribution >= 4 is 5.65 Å². The van der Waals surface area contributed by atoms with Gasteiger partial charge >= 0.3 is 0 Å². The second kappa shape index (κ2) is 5.16. The molecule has 0 saturated carbocycles. The van der Waals surface area contributed by atoms with E-state index in [0.29, 0.717) is 17.1 Å². The molecule has 0 radical (unpaired) electrons. The van der Waals surface area contributed by atoms with Gasteiger partial charge in [0.05, 0.1) is 17.6 Å². The van der Waals surface area contributed by atoms with Gasteiger partial charge in [0.1, 0.15) is 11.6 Å². The van der Waals surface area contributed by atoms with E-state index in [9.17, 15) is 4.39 Å². The van der Waals surface area contributed by atoms with Gasteiger partial charge in [-0.05, 0) is 37.1 Å². The molecule has 1 aromatic carbocycles. The summed E-state index contributed by atoms with van der Waals surface area (Å²) in [6, 6.07) is 7.81. The lowest BCUT2D eigenvalue weighted by atomic mass is 10.1.